The fourth-order valence-corrected chi connectivity index (χ4v) is 2.73. The first-order valence-corrected chi connectivity index (χ1v) is 11.8. The average Bonchev–Trinajstić information content (AvgIpc) is 2.89. The topological polar surface area (TPSA) is 109 Å². The molecule has 9 heteroatoms. The van der Waals surface area contributed by atoms with Gasteiger partial charge in [0.2, 0.25) is 12.2 Å². The van der Waals surface area contributed by atoms with Crippen molar-refractivity contribution in [1.29, 1.82) is 0 Å². The van der Waals surface area contributed by atoms with Gasteiger partial charge in [0, 0.05) is 36.3 Å². The number of amides is 2. The summed E-state index contributed by atoms with van der Waals surface area (Å²) in [5, 5.41) is 5.89. The molecule has 186 valence electrons. The van der Waals surface area contributed by atoms with Crippen molar-refractivity contribution in [3.63, 3.8) is 0 Å². The maximum absolute atomic E-state index is 12.5. The number of nitrogens with one attached hydrogen (secondary N) is 4. The molecular weight excluding hydrogens is 452 g/mol. The Balaban J connectivity index is 0.00000258. The number of hydrogen-bond donors (Lipinski definition) is 4. The van der Waals surface area contributed by atoms with E-state index < -0.39 is 0 Å². The molecule has 34 heavy (non-hydrogen) atoms. The van der Waals surface area contributed by atoms with E-state index in [0.717, 1.165) is 5.69 Å². The maximum atomic E-state index is 12.5. The number of para-hydroxylation sites is 1. The summed E-state index contributed by atoms with van der Waals surface area (Å²) in [5.41, 5.74) is 6.56. The van der Waals surface area contributed by atoms with Crippen LogP contribution < -0.4 is 26.2 Å². The molecule has 0 saturated carbocycles. The lowest BCUT2D eigenvalue weighted by Gasteiger charge is -2.11. The number of carbonyl (C=O) groups excluding carboxylic acids is 3. The van der Waals surface area contributed by atoms with Gasteiger partial charge in [0.05, 0.1) is 4.99 Å². The molecule has 0 saturated heterocycles. The first kappa shape index (κ1) is 30.5. The van der Waals surface area contributed by atoms with Gasteiger partial charge in [-0.25, -0.2) is 0 Å². The Labute approximate surface area is 207 Å². The van der Waals surface area contributed by atoms with E-state index in [0.29, 0.717) is 47.8 Å². The van der Waals surface area contributed by atoms with E-state index in [-0.39, 0.29) is 18.3 Å². The fraction of sp³-hybridized carbons (Fsp3) is 0.360. The second-order valence-corrected chi connectivity index (χ2v) is 6.62. The van der Waals surface area contributed by atoms with Crippen molar-refractivity contribution in [3.8, 4) is 5.75 Å². The summed E-state index contributed by atoms with van der Waals surface area (Å²) in [5.74, 6) is 0.0940. The lowest BCUT2D eigenvalue weighted by molar-refractivity contribution is -0.110. The van der Waals surface area contributed by atoms with E-state index in [9.17, 15) is 14.4 Å². The summed E-state index contributed by atoms with van der Waals surface area (Å²) in [6.45, 7) is 10.9. The first-order chi connectivity index (χ1) is 16.5. The molecule has 0 aromatic heterocycles. The van der Waals surface area contributed by atoms with Gasteiger partial charge in [-0.1, -0.05) is 52.0 Å². The second kappa shape index (κ2) is 19.0. The van der Waals surface area contributed by atoms with E-state index in [1.54, 1.807) is 30.3 Å². The lowest BCUT2D eigenvalue weighted by Crippen LogP contribution is -2.37. The SMILES string of the molecule is CC.CC.CCNc1ccccc1C(=O)COc1ccc(C(=O)NCCC(=S)NNC=O)cc1. The molecule has 0 spiro atoms. The van der Waals surface area contributed by atoms with Crippen molar-refractivity contribution in [2.75, 3.05) is 25.0 Å². The summed E-state index contributed by atoms with van der Waals surface area (Å²) >= 11 is 4.98. The Morgan fingerprint density at radius 2 is 1.65 bits per heavy atom. The molecule has 2 amide bonds. The molecule has 4 N–H and O–H groups in total. The maximum Gasteiger partial charge on any atom is 0.251 e. The van der Waals surface area contributed by atoms with Crippen molar-refractivity contribution < 1.29 is 19.1 Å². The van der Waals surface area contributed by atoms with Crippen LogP contribution in [0, 0.1) is 0 Å². The number of anilines is 1. The third kappa shape index (κ3) is 11.4. The van der Waals surface area contributed by atoms with Gasteiger partial charge in [0.15, 0.2) is 6.61 Å². The Morgan fingerprint density at radius 1 is 1.00 bits per heavy atom. The van der Waals surface area contributed by atoms with Crippen molar-refractivity contribution in [2.45, 2.75) is 41.0 Å². The minimum atomic E-state index is -0.261. The number of hydrogen-bond acceptors (Lipinski definition) is 6. The van der Waals surface area contributed by atoms with Crippen LogP contribution in [-0.2, 0) is 4.79 Å². The summed E-state index contributed by atoms with van der Waals surface area (Å²) in [4.78, 5) is 35.2. The van der Waals surface area contributed by atoms with E-state index in [1.807, 2.05) is 52.8 Å². The van der Waals surface area contributed by atoms with Gasteiger partial charge in [0.25, 0.3) is 5.91 Å². The monoisotopic (exact) mass is 488 g/mol. The zero-order valence-electron chi connectivity index (χ0n) is 20.6. The largest absolute Gasteiger partial charge is 0.485 e. The van der Waals surface area contributed by atoms with Gasteiger partial charge >= 0.3 is 0 Å². The quantitative estimate of drug-likeness (QED) is 0.154. The minimum absolute atomic E-state index is 0.104. The Morgan fingerprint density at radius 3 is 2.26 bits per heavy atom. The molecule has 2 rings (SSSR count). The van der Waals surface area contributed by atoms with Gasteiger partial charge in [-0.3, -0.25) is 25.2 Å². The number of thiocarbonyl (C=S) groups is 1. The number of ether oxygens (including phenoxy) is 1. The molecule has 0 aliphatic rings. The van der Waals surface area contributed by atoms with Crippen molar-refractivity contribution >= 4 is 41.0 Å². The first-order valence-electron chi connectivity index (χ1n) is 11.4. The van der Waals surface area contributed by atoms with Crippen LogP contribution in [0.4, 0.5) is 5.69 Å². The van der Waals surface area contributed by atoms with E-state index in [1.165, 1.54) is 0 Å². The zero-order valence-corrected chi connectivity index (χ0v) is 21.4. The molecule has 0 aliphatic heterocycles. The van der Waals surface area contributed by atoms with Crippen LogP contribution in [0.1, 0.15) is 61.8 Å². The highest BCUT2D eigenvalue weighted by molar-refractivity contribution is 7.80. The number of ketones is 1. The Kier molecular flexibility index (Phi) is 17.1. The zero-order chi connectivity index (χ0) is 25.8. The molecule has 8 nitrogen and oxygen atoms in total. The smallest absolute Gasteiger partial charge is 0.251 e. The van der Waals surface area contributed by atoms with Crippen LogP contribution in [0.3, 0.4) is 0 Å². The molecular formula is C25H36N4O4S. The van der Waals surface area contributed by atoms with Gasteiger partial charge in [-0.15, -0.1) is 0 Å². The minimum Gasteiger partial charge on any atom is -0.485 e. The normalized spacial score (nSPS) is 9.09. The highest BCUT2D eigenvalue weighted by atomic mass is 32.1. The van der Waals surface area contributed by atoms with Crippen LogP contribution >= 0.6 is 12.2 Å². The average molecular weight is 489 g/mol. The third-order valence-electron chi connectivity index (χ3n) is 3.99. The molecule has 0 unspecified atom stereocenters. The van der Waals surface area contributed by atoms with Crippen LogP contribution in [0.15, 0.2) is 48.5 Å². The predicted molar refractivity (Wildman–Crippen MR) is 141 cm³/mol. The van der Waals surface area contributed by atoms with Crippen molar-refractivity contribution in [1.82, 2.24) is 16.2 Å². The molecule has 0 fully saturated rings. The molecule has 0 heterocycles. The number of benzene rings is 2. The molecule has 0 bridgehead atoms. The van der Waals surface area contributed by atoms with E-state index in [4.69, 9.17) is 17.0 Å². The van der Waals surface area contributed by atoms with Gasteiger partial charge < -0.3 is 15.4 Å². The summed E-state index contributed by atoms with van der Waals surface area (Å²) in [7, 11) is 0. The van der Waals surface area contributed by atoms with Crippen LogP contribution in [0.5, 0.6) is 5.75 Å². The van der Waals surface area contributed by atoms with E-state index >= 15 is 0 Å². The lowest BCUT2D eigenvalue weighted by atomic mass is 10.1. The molecule has 2 aromatic rings. The number of rotatable bonds is 12. The van der Waals surface area contributed by atoms with Crippen LogP contribution in [0.25, 0.3) is 0 Å². The predicted octanol–water partition coefficient (Wildman–Crippen LogP) is 4.13. The van der Waals surface area contributed by atoms with Crippen molar-refractivity contribution in [3.05, 3.63) is 59.7 Å². The number of carbonyl (C=O) groups is 3. The highest BCUT2D eigenvalue weighted by Gasteiger charge is 2.12. The van der Waals surface area contributed by atoms with Crippen LogP contribution in [0.2, 0.25) is 0 Å². The number of Topliss-reactive ketones (excluding diaryl/α,β-unsaturated/α-hetero) is 1. The molecule has 0 radical (unpaired) electrons. The van der Waals surface area contributed by atoms with E-state index in [2.05, 4.69) is 21.5 Å². The standard InChI is InChI=1S/C21H24N4O4S.2C2H6/c1-2-22-18-6-4-3-5-17(18)19(27)13-29-16-9-7-15(8-10-16)21(28)23-12-11-20(30)25-24-14-26;2*1-2/h3-10,14,22H,2,11-13H2,1H3,(H,23,28)(H,24,26)(H,25,30);2*1-2H3. The molecule has 0 atom stereocenters. The highest BCUT2D eigenvalue weighted by Crippen LogP contribution is 2.17. The van der Waals surface area contributed by atoms with Gasteiger partial charge in [-0.2, -0.15) is 0 Å². The number of hydrazine groups is 1. The van der Waals surface area contributed by atoms with Crippen molar-refractivity contribution in [2.24, 2.45) is 0 Å². The van der Waals surface area contributed by atoms with Gasteiger partial charge in [-0.05, 0) is 43.3 Å². The summed E-state index contributed by atoms with van der Waals surface area (Å²) < 4.78 is 5.57. The Bertz CT molecular complexity index is 889. The fourth-order valence-electron chi connectivity index (χ4n) is 2.56. The van der Waals surface area contributed by atoms with Gasteiger partial charge in [0.1, 0.15) is 5.75 Å². The molecule has 2 aromatic carbocycles. The summed E-state index contributed by atoms with van der Waals surface area (Å²) in [6.07, 6.45) is 0.864. The Hall–Kier alpha value is -3.46. The third-order valence-corrected chi connectivity index (χ3v) is 4.30. The van der Waals surface area contributed by atoms with Crippen LogP contribution in [-0.4, -0.2) is 42.8 Å². The second-order valence-electron chi connectivity index (χ2n) is 6.13. The molecule has 0 aliphatic carbocycles. The summed E-state index contributed by atoms with van der Waals surface area (Å²) in [6, 6.07) is 13.8.